The van der Waals surface area contributed by atoms with Gasteiger partial charge in [-0.2, -0.15) is 4.39 Å². The number of ether oxygens (including phenoxy) is 1. The van der Waals surface area contributed by atoms with Gasteiger partial charge >= 0.3 is 5.97 Å². The quantitative estimate of drug-likeness (QED) is 0.670. The molecule has 2 aromatic carbocycles. The normalized spacial score (nSPS) is 11.2. The maximum absolute atomic E-state index is 13.4. The van der Waals surface area contributed by atoms with Gasteiger partial charge in [-0.3, -0.25) is 0 Å². The van der Waals surface area contributed by atoms with Gasteiger partial charge in [0.25, 0.3) is 0 Å². The van der Waals surface area contributed by atoms with E-state index in [9.17, 15) is 22.7 Å². The Morgan fingerprint density at radius 1 is 1.00 bits per heavy atom. The molecule has 0 saturated carbocycles. The summed E-state index contributed by atoms with van der Waals surface area (Å²) < 4.78 is 42.1. The molecule has 0 radical (unpaired) electrons. The number of pyridine rings is 1. The molecule has 0 bridgehead atoms. The van der Waals surface area contributed by atoms with Gasteiger partial charge in [-0.25, -0.2) is 18.2 Å². The second-order valence-electron chi connectivity index (χ2n) is 5.76. The van der Waals surface area contributed by atoms with E-state index in [1.165, 1.54) is 48.7 Å². The minimum Gasteiger partial charge on any atom is -0.478 e. The van der Waals surface area contributed by atoms with Gasteiger partial charge in [0, 0.05) is 18.5 Å². The maximum Gasteiger partial charge on any atom is 0.335 e. The number of carboxylic acids is 1. The summed E-state index contributed by atoms with van der Waals surface area (Å²) in [5.41, 5.74) is 0.856. The third-order valence-corrected chi connectivity index (χ3v) is 4.83. The van der Waals surface area contributed by atoms with Gasteiger partial charge in [-0.05, 0) is 59.7 Å². The van der Waals surface area contributed by atoms with Crippen LogP contribution in [0.25, 0.3) is 11.1 Å². The number of hydrogen-bond donors (Lipinski definition) is 1. The molecule has 6 nitrogen and oxygen atoms in total. The molecule has 138 valence electrons. The van der Waals surface area contributed by atoms with Crippen molar-refractivity contribution in [1.82, 2.24) is 4.98 Å². The van der Waals surface area contributed by atoms with E-state index in [4.69, 9.17) is 4.74 Å². The summed E-state index contributed by atoms with van der Waals surface area (Å²) in [4.78, 5) is 15.0. The lowest BCUT2D eigenvalue weighted by atomic mass is 10.0. The summed E-state index contributed by atoms with van der Waals surface area (Å²) in [5.74, 6) is -1.30. The molecule has 0 aliphatic rings. The number of hydrogen-bond acceptors (Lipinski definition) is 5. The number of carboxylic acid groups (broad SMARTS) is 1. The van der Waals surface area contributed by atoms with Crippen LogP contribution < -0.4 is 4.74 Å². The number of halogens is 1. The van der Waals surface area contributed by atoms with Crippen molar-refractivity contribution in [3.63, 3.8) is 0 Å². The Balaban J connectivity index is 1.98. The molecule has 8 heteroatoms. The number of aromatic carboxylic acids is 1. The van der Waals surface area contributed by atoms with Crippen LogP contribution in [-0.2, 0) is 9.84 Å². The Labute approximate surface area is 154 Å². The highest BCUT2D eigenvalue weighted by Crippen LogP contribution is 2.30. The molecule has 0 fully saturated rings. The summed E-state index contributed by atoms with van der Waals surface area (Å²) in [6.07, 6.45) is 2.38. The van der Waals surface area contributed by atoms with Crippen LogP contribution in [0.4, 0.5) is 4.39 Å². The molecule has 0 atom stereocenters. The van der Waals surface area contributed by atoms with Crippen molar-refractivity contribution in [2.45, 2.75) is 4.90 Å². The minimum absolute atomic E-state index is 0.0347. The average Bonchev–Trinajstić information content (AvgIpc) is 2.61. The van der Waals surface area contributed by atoms with Gasteiger partial charge in [0.2, 0.25) is 5.95 Å². The number of rotatable bonds is 5. The molecule has 1 heterocycles. The molecular weight excluding hydrogens is 373 g/mol. The standard InChI is InChI=1S/C19H14FNO5S/c1-27(24,25)17-4-2-15(3-5-17)26-16-9-13(8-14(10-16)19(22)23)12-6-7-21-18(20)11-12/h2-11H,1H3,(H,22,23). The highest BCUT2D eigenvalue weighted by atomic mass is 32.2. The number of aromatic nitrogens is 1. The Morgan fingerprint density at radius 2 is 1.70 bits per heavy atom. The van der Waals surface area contributed by atoms with E-state index in [1.54, 1.807) is 12.1 Å². The van der Waals surface area contributed by atoms with Crippen LogP contribution in [0.15, 0.2) is 65.7 Å². The van der Waals surface area contributed by atoms with Crippen LogP contribution >= 0.6 is 0 Å². The smallest absolute Gasteiger partial charge is 0.335 e. The average molecular weight is 387 g/mol. The Morgan fingerprint density at radius 3 is 2.30 bits per heavy atom. The molecule has 0 aliphatic carbocycles. The molecule has 1 N–H and O–H groups in total. The van der Waals surface area contributed by atoms with Crippen molar-refractivity contribution in [2.75, 3.05) is 6.26 Å². The van der Waals surface area contributed by atoms with E-state index in [1.807, 2.05) is 0 Å². The first-order valence-electron chi connectivity index (χ1n) is 7.71. The molecule has 0 amide bonds. The van der Waals surface area contributed by atoms with Crippen LogP contribution in [0, 0.1) is 5.95 Å². The molecule has 27 heavy (non-hydrogen) atoms. The van der Waals surface area contributed by atoms with Gasteiger partial charge in [-0.1, -0.05) is 0 Å². The molecular formula is C19H14FNO5S. The Bertz CT molecular complexity index is 1110. The lowest BCUT2D eigenvalue weighted by Gasteiger charge is -2.10. The molecule has 0 aliphatic heterocycles. The fraction of sp³-hybridized carbons (Fsp3) is 0.0526. The number of nitrogens with zero attached hydrogens (tertiary/aromatic N) is 1. The summed E-state index contributed by atoms with van der Waals surface area (Å²) in [5, 5.41) is 9.32. The third kappa shape index (κ3) is 4.48. The maximum atomic E-state index is 13.4. The van der Waals surface area contributed by atoms with Crippen LogP contribution in [0.2, 0.25) is 0 Å². The highest BCUT2D eigenvalue weighted by Gasteiger charge is 2.12. The number of carbonyl (C=O) groups is 1. The van der Waals surface area contributed by atoms with Crippen LogP contribution in [0.1, 0.15) is 10.4 Å². The summed E-state index contributed by atoms with van der Waals surface area (Å²) in [6.45, 7) is 0. The molecule has 0 spiro atoms. The molecule has 3 rings (SSSR count). The predicted octanol–water partition coefficient (Wildman–Crippen LogP) is 3.78. The molecule has 0 unspecified atom stereocenters. The van der Waals surface area contributed by atoms with Gasteiger partial charge < -0.3 is 9.84 Å². The second-order valence-corrected chi connectivity index (χ2v) is 7.78. The van der Waals surface area contributed by atoms with Gasteiger partial charge in [0.1, 0.15) is 11.5 Å². The number of sulfone groups is 1. The van der Waals surface area contributed by atoms with Gasteiger partial charge in [0.15, 0.2) is 9.84 Å². The van der Waals surface area contributed by atoms with Crippen LogP contribution in [0.3, 0.4) is 0 Å². The van der Waals surface area contributed by atoms with Crippen molar-refractivity contribution in [2.24, 2.45) is 0 Å². The first-order chi connectivity index (χ1) is 12.7. The van der Waals surface area contributed by atoms with Gasteiger partial charge in [-0.15, -0.1) is 0 Å². The van der Waals surface area contributed by atoms with E-state index in [2.05, 4.69) is 4.98 Å². The molecule has 0 saturated heterocycles. The highest BCUT2D eigenvalue weighted by molar-refractivity contribution is 7.90. The lowest BCUT2D eigenvalue weighted by Crippen LogP contribution is -1.99. The minimum atomic E-state index is -3.33. The zero-order valence-corrected chi connectivity index (χ0v) is 14.9. The summed E-state index contributed by atoms with van der Waals surface area (Å²) >= 11 is 0. The topological polar surface area (TPSA) is 93.6 Å². The lowest BCUT2D eigenvalue weighted by molar-refractivity contribution is 0.0696. The van der Waals surface area contributed by atoms with Crippen molar-refractivity contribution in [3.05, 3.63) is 72.3 Å². The van der Waals surface area contributed by atoms with E-state index in [0.29, 0.717) is 16.9 Å². The third-order valence-electron chi connectivity index (χ3n) is 3.70. The first-order valence-corrected chi connectivity index (χ1v) is 9.60. The van der Waals surface area contributed by atoms with E-state index < -0.39 is 21.8 Å². The molecule has 3 aromatic rings. The zero-order chi connectivity index (χ0) is 19.6. The monoisotopic (exact) mass is 387 g/mol. The van der Waals surface area contributed by atoms with Crippen molar-refractivity contribution in [3.8, 4) is 22.6 Å². The van der Waals surface area contributed by atoms with Gasteiger partial charge in [0.05, 0.1) is 10.5 Å². The Kier molecular flexibility index (Phi) is 4.91. The SMILES string of the molecule is CS(=O)(=O)c1ccc(Oc2cc(C(=O)O)cc(-c3ccnc(F)c3)c2)cc1. The molecule has 1 aromatic heterocycles. The second kappa shape index (κ2) is 7.16. The fourth-order valence-corrected chi connectivity index (χ4v) is 3.05. The number of benzene rings is 2. The van der Waals surface area contributed by atoms with Crippen molar-refractivity contribution in [1.29, 1.82) is 0 Å². The Hall–Kier alpha value is -3.26. The predicted molar refractivity (Wildman–Crippen MR) is 96.2 cm³/mol. The van der Waals surface area contributed by atoms with Crippen molar-refractivity contribution < 1.29 is 27.4 Å². The summed E-state index contributed by atoms with van der Waals surface area (Å²) in [7, 11) is -3.33. The van der Waals surface area contributed by atoms with E-state index in [0.717, 1.165) is 6.26 Å². The fourth-order valence-electron chi connectivity index (χ4n) is 2.42. The first kappa shape index (κ1) is 18.5. The van der Waals surface area contributed by atoms with Crippen molar-refractivity contribution >= 4 is 15.8 Å². The summed E-state index contributed by atoms with van der Waals surface area (Å²) in [6, 6.07) is 12.7. The van der Waals surface area contributed by atoms with E-state index in [-0.39, 0.29) is 16.2 Å². The van der Waals surface area contributed by atoms with Crippen LogP contribution in [0.5, 0.6) is 11.5 Å². The van der Waals surface area contributed by atoms with E-state index >= 15 is 0 Å². The largest absolute Gasteiger partial charge is 0.478 e. The zero-order valence-electron chi connectivity index (χ0n) is 14.1. The van der Waals surface area contributed by atoms with Crippen LogP contribution in [-0.4, -0.2) is 30.7 Å².